The lowest BCUT2D eigenvalue weighted by Gasteiger charge is -2.19. The second kappa shape index (κ2) is 5.31. The van der Waals surface area contributed by atoms with Crippen LogP contribution < -0.4 is 5.32 Å². The number of furan rings is 1. The van der Waals surface area contributed by atoms with Gasteiger partial charge in [-0.05, 0) is 43.7 Å². The summed E-state index contributed by atoms with van der Waals surface area (Å²) in [5, 5.41) is 3.26. The fourth-order valence-electron chi connectivity index (χ4n) is 1.87. The lowest BCUT2D eigenvalue weighted by atomic mass is 10.1. The largest absolute Gasteiger partial charge is 0.468 e. The molecule has 0 saturated heterocycles. The van der Waals surface area contributed by atoms with Crippen LogP contribution in [0.4, 0.5) is 8.78 Å². The van der Waals surface area contributed by atoms with Gasteiger partial charge in [0, 0.05) is 6.04 Å². The maximum Gasteiger partial charge on any atom is 0.159 e. The quantitative estimate of drug-likeness (QED) is 0.889. The van der Waals surface area contributed by atoms with Crippen LogP contribution >= 0.6 is 0 Å². The maximum atomic E-state index is 13.1. The van der Waals surface area contributed by atoms with Crippen LogP contribution in [-0.2, 0) is 0 Å². The predicted octanol–water partition coefficient (Wildman–Crippen LogP) is 3.97. The first-order chi connectivity index (χ1) is 8.58. The van der Waals surface area contributed by atoms with E-state index in [9.17, 15) is 8.78 Å². The molecule has 0 radical (unpaired) electrons. The van der Waals surface area contributed by atoms with Crippen molar-refractivity contribution in [1.82, 2.24) is 5.32 Å². The molecular weight excluding hydrogens is 236 g/mol. The molecule has 0 aliphatic carbocycles. The molecule has 0 fully saturated rings. The molecule has 0 bridgehead atoms. The Labute approximate surface area is 105 Å². The van der Waals surface area contributed by atoms with Gasteiger partial charge in [-0.25, -0.2) is 8.78 Å². The van der Waals surface area contributed by atoms with Gasteiger partial charge in [0.05, 0.1) is 12.3 Å². The number of hydrogen-bond acceptors (Lipinski definition) is 2. The summed E-state index contributed by atoms with van der Waals surface area (Å²) in [5.74, 6) is -0.846. The van der Waals surface area contributed by atoms with Gasteiger partial charge < -0.3 is 9.73 Å². The van der Waals surface area contributed by atoms with Crippen LogP contribution in [0.15, 0.2) is 41.0 Å². The van der Waals surface area contributed by atoms with Gasteiger partial charge in [0.25, 0.3) is 0 Å². The van der Waals surface area contributed by atoms with Crippen molar-refractivity contribution in [2.45, 2.75) is 25.9 Å². The molecule has 0 spiro atoms. The minimum Gasteiger partial charge on any atom is -0.468 e. The molecule has 0 saturated carbocycles. The highest BCUT2D eigenvalue weighted by Crippen LogP contribution is 2.21. The van der Waals surface area contributed by atoms with E-state index >= 15 is 0 Å². The lowest BCUT2D eigenvalue weighted by Crippen LogP contribution is -2.22. The van der Waals surface area contributed by atoms with Crippen LogP contribution in [0.25, 0.3) is 0 Å². The third kappa shape index (κ3) is 2.76. The van der Waals surface area contributed by atoms with Crippen molar-refractivity contribution in [2.75, 3.05) is 0 Å². The summed E-state index contributed by atoms with van der Waals surface area (Å²) in [6.07, 6.45) is 1.61. The summed E-state index contributed by atoms with van der Waals surface area (Å²) in [4.78, 5) is 0. The van der Waals surface area contributed by atoms with Gasteiger partial charge in [0.15, 0.2) is 11.6 Å². The summed E-state index contributed by atoms with van der Waals surface area (Å²) in [5.41, 5.74) is 0.701. The molecule has 1 unspecified atom stereocenters. The standard InChI is InChI=1S/C14H15F2NO/c1-9(11-5-6-12(15)13(16)8-11)17-10(2)14-4-3-7-18-14/h3-10,17H,1-2H3/t9?,10-/m1/s1. The van der Waals surface area contributed by atoms with Gasteiger partial charge in [-0.3, -0.25) is 0 Å². The average Bonchev–Trinajstić information content (AvgIpc) is 2.86. The van der Waals surface area contributed by atoms with Gasteiger partial charge in [-0.2, -0.15) is 0 Å². The van der Waals surface area contributed by atoms with Crippen molar-refractivity contribution < 1.29 is 13.2 Å². The first-order valence-corrected chi connectivity index (χ1v) is 5.82. The third-order valence-corrected chi connectivity index (χ3v) is 2.91. The molecule has 2 nitrogen and oxygen atoms in total. The number of nitrogens with one attached hydrogen (secondary N) is 1. The molecule has 96 valence electrons. The lowest BCUT2D eigenvalue weighted by molar-refractivity contribution is 0.401. The summed E-state index contributed by atoms with van der Waals surface area (Å²) < 4.78 is 31.2. The predicted molar refractivity (Wildman–Crippen MR) is 65.0 cm³/mol. The van der Waals surface area contributed by atoms with Crippen molar-refractivity contribution in [3.63, 3.8) is 0 Å². The molecule has 1 heterocycles. The van der Waals surface area contributed by atoms with Gasteiger partial charge in [-0.15, -0.1) is 0 Å². The molecule has 2 rings (SSSR count). The van der Waals surface area contributed by atoms with E-state index in [4.69, 9.17) is 4.42 Å². The zero-order valence-electron chi connectivity index (χ0n) is 10.3. The summed E-state index contributed by atoms with van der Waals surface area (Å²) in [7, 11) is 0. The van der Waals surface area contributed by atoms with Crippen LogP contribution in [0.3, 0.4) is 0 Å². The molecule has 2 atom stereocenters. The Balaban J connectivity index is 2.07. The summed E-state index contributed by atoms with van der Waals surface area (Å²) in [6.45, 7) is 3.85. The molecule has 1 N–H and O–H groups in total. The minimum absolute atomic E-state index is 0.00288. The number of halogens is 2. The third-order valence-electron chi connectivity index (χ3n) is 2.91. The summed E-state index contributed by atoms with van der Waals surface area (Å²) in [6, 6.07) is 7.52. The van der Waals surface area contributed by atoms with E-state index in [0.29, 0.717) is 5.56 Å². The Bertz CT molecular complexity index is 511. The van der Waals surface area contributed by atoms with Gasteiger partial charge >= 0.3 is 0 Å². The van der Waals surface area contributed by atoms with E-state index in [1.165, 1.54) is 6.07 Å². The molecule has 0 aliphatic heterocycles. The highest BCUT2D eigenvalue weighted by Gasteiger charge is 2.14. The van der Waals surface area contributed by atoms with Crippen LogP contribution in [0.5, 0.6) is 0 Å². The Morgan fingerprint density at radius 2 is 1.83 bits per heavy atom. The molecule has 1 aromatic heterocycles. The molecule has 2 aromatic rings. The van der Waals surface area contributed by atoms with E-state index in [1.54, 1.807) is 12.3 Å². The molecule has 1 aromatic carbocycles. The fraction of sp³-hybridized carbons (Fsp3) is 0.286. The zero-order chi connectivity index (χ0) is 13.1. The van der Waals surface area contributed by atoms with Crippen LogP contribution in [-0.4, -0.2) is 0 Å². The molecule has 4 heteroatoms. The van der Waals surface area contributed by atoms with Crippen molar-refractivity contribution >= 4 is 0 Å². The van der Waals surface area contributed by atoms with Gasteiger partial charge in [-0.1, -0.05) is 6.07 Å². The molecule has 0 aliphatic rings. The van der Waals surface area contributed by atoms with Crippen molar-refractivity contribution in [1.29, 1.82) is 0 Å². The monoisotopic (exact) mass is 251 g/mol. The number of benzene rings is 1. The Kier molecular flexibility index (Phi) is 3.77. The second-order valence-electron chi connectivity index (χ2n) is 4.30. The molecule has 18 heavy (non-hydrogen) atoms. The van der Waals surface area contributed by atoms with E-state index in [-0.39, 0.29) is 12.1 Å². The highest BCUT2D eigenvalue weighted by atomic mass is 19.2. The minimum atomic E-state index is -0.829. The van der Waals surface area contributed by atoms with E-state index in [1.807, 2.05) is 26.0 Å². The van der Waals surface area contributed by atoms with E-state index < -0.39 is 11.6 Å². The first-order valence-electron chi connectivity index (χ1n) is 5.82. The van der Waals surface area contributed by atoms with Crippen LogP contribution in [0, 0.1) is 11.6 Å². The first kappa shape index (κ1) is 12.8. The topological polar surface area (TPSA) is 25.2 Å². The maximum absolute atomic E-state index is 13.1. The van der Waals surface area contributed by atoms with Gasteiger partial charge in [0.1, 0.15) is 5.76 Å². The van der Waals surface area contributed by atoms with Crippen molar-refractivity contribution in [3.05, 3.63) is 59.6 Å². The van der Waals surface area contributed by atoms with Crippen molar-refractivity contribution in [2.24, 2.45) is 0 Å². The Morgan fingerprint density at radius 1 is 1.06 bits per heavy atom. The normalized spacial score (nSPS) is 14.4. The second-order valence-corrected chi connectivity index (χ2v) is 4.30. The highest BCUT2D eigenvalue weighted by molar-refractivity contribution is 5.21. The number of rotatable bonds is 4. The SMILES string of the molecule is CC(N[C@H](C)c1ccco1)c1ccc(F)c(F)c1. The van der Waals surface area contributed by atoms with Gasteiger partial charge in [0.2, 0.25) is 0 Å². The Morgan fingerprint density at radius 3 is 2.44 bits per heavy atom. The average molecular weight is 251 g/mol. The van der Waals surface area contributed by atoms with Crippen molar-refractivity contribution in [3.8, 4) is 0 Å². The smallest absolute Gasteiger partial charge is 0.159 e. The summed E-state index contributed by atoms with van der Waals surface area (Å²) >= 11 is 0. The van der Waals surface area contributed by atoms with Crippen LogP contribution in [0.2, 0.25) is 0 Å². The zero-order valence-corrected chi connectivity index (χ0v) is 10.3. The van der Waals surface area contributed by atoms with E-state index in [2.05, 4.69) is 5.32 Å². The fourth-order valence-corrected chi connectivity index (χ4v) is 1.87. The Hall–Kier alpha value is -1.68. The van der Waals surface area contributed by atoms with E-state index in [0.717, 1.165) is 11.8 Å². The molecule has 0 amide bonds. The molecular formula is C14H15F2NO. The van der Waals surface area contributed by atoms with Crippen LogP contribution in [0.1, 0.15) is 37.3 Å². The number of hydrogen-bond donors (Lipinski definition) is 1.